The zero-order chi connectivity index (χ0) is 13.7. The van der Waals surface area contributed by atoms with E-state index in [-0.39, 0.29) is 5.91 Å². The van der Waals surface area contributed by atoms with E-state index in [1.807, 2.05) is 37.3 Å². The summed E-state index contributed by atoms with van der Waals surface area (Å²) in [6.07, 6.45) is 0. The Labute approximate surface area is 116 Å². The molecule has 1 N–H and O–H groups in total. The number of nitrogens with one attached hydrogen (secondary N) is 1. The van der Waals surface area contributed by atoms with E-state index in [0.29, 0.717) is 10.6 Å². The molecule has 0 unspecified atom stereocenters. The lowest BCUT2D eigenvalue weighted by atomic mass is 10.1. The van der Waals surface area contributed by atoms with Gasteiger partial charge in [-0.2, -0.15) is 5.10 Å². The minimum absolute atomic E-state index is 0.257. The first kappa shape index (κ1) is 13.3. The van der Waals surface area contributed by atoms with Crippen LogP contribution in [0.1, 0.15) is 22.8 Å². The van der Waals surface area contributed by atoms with Crippen LogP contribution in [0.5, 0.6) is 0 Å². The Hall–Kier alpha value is -2.13. The van der Waals surface area contributed by atoms with Crippen molar-refractivity contribution in [1.29, 1.82) is 0 Å². The van der Waals surface area contributed by atoms with Crippen molar-refractivity contribution in [3.63, 3.8) is 0 Å². The Kier molecular flexibility index (Phi) is 4.31. The molecule has 0 aliphatic rings. The highest BCUT2D eigenvalue weighted by molar-refractivity contribution is 6.30. The molecule has 2 rings (SSSR count). The third kappa shape index (κ3) is 3.66. The van der Waals surface area contributed by atoms with Crippen molar-refractivity contribution in [3.05, 3.63) is 70.7 Å². The highest BCUT2D eigenvalue weighted by atomic mass is 35.5. The predicted molar refractivity (Wildman–Crippen MR) is 77.6 cm³/mol. The van der Waals surface area contributed by atoms with Gasteiger partial charge < -0.3 is 0 Å². The van der Waals surface area contributed by atoms with E-state index in [1.165, 1.54) is 0 Å². The molecule has 19 heavy (non-hydrogen) atoms. The van der Waals surface area contributed by atoms with Gasteiger partial charge in [0.1, 0.15) is 0 Å². The van der Waals surface area contributed by atoms with Gasteiger partial charge in [0.25, 0.3) is 5.91 Å². The summed E-state index contributed by atoms with van der Waals surface area (Å²) in [5.41, 5.74) is 4.77. The standard InChI is InChI=1S/C15H13ClN2O/c1-11(12-5-3-2-4-6-12)17-18-15(19)13-7-9-14(16)10-8-13/h2-10H,1H3,(H,18,19)/b17-11+. The Morgan fingerprint density at radius 1 is 1.00 bits per heavy atom. The lowest BCUT2D eigenvalue weighted by Crippen LogP contribution is -2.19. The Bertz CT molecular complexity index is 591. The molecule has 0 bridgehead atoms. The summed E-state index contributed by atoms with van der Waals surface area (Å²) in [5, 5.41) is 4.67. The minimum Gasteiger partial charge on any atom is -0.267 e. The molecule has 0 heterocycles. The second-order valence-corrected chi connectivity index (χ2v) is 4.45. The maximum Gasteiger partial charge on any atom is 0.271 e. The van der Waals surface area contributed by atoms with E-state index in [2.05, 4.69) is 10.5 Å². The van der Waals surface area contributed by atoms with Gasteiger partial charge in [-0.05, 0) is 36.8 Å². The van der Waals surface area contributed by atoms with Crippen LogP contribution in [0.25, 0.3) is 0 Å². The number of hydrazone groups is 1. The molecule has 0 aromatic heterocycles. The molecule has 4 heteroatoms. The molecule has 3 nitrogen and oxygen atoms in total. The molecule has 0 spiro atoms. The van der Waals surface area contributed by atoms with Crippen molar-refractivity contribution < 1.29 is 4.79 Å². The lowest BCUT2D eigenvalue weighted by Gasteiger charge is -2.03. The summed E-state index contributed by atoms with van der Waals surface area (Å²) < 4.78 is 0. The second-order valence-electron chi connectivity index (χ2n) is 4.01. The third-order valence-corrected chi connectivity index (χ3v) is 2.88. The van der Waals surface area contributed by atoms with Crippen LogP contribution in [0.4, 0.5) is 0 Å². The number of carbonyl (C=O) groups excluding carboxylic acids is 1. The normalized spacial score (nSPS) is 11.2. The molecule has 2 aromatic carbocycles. The van der Waals surface area contributed by atoms with Gasteiger partial charge in [0.05, 0.1) is 5.71 Å². The number of rotatable bonds is 3. The van der Waals surface area contributed by atoms with Gasteiger partial charge in [0.15, 0.2) is 0 Å². The molecule has 1 amide bonds. The van der Waals surface area contributed by atoms with Crippen LogP contribution in [0, 0.1) is 0 Å². The summed E-state index contributed by atoms with van der Waals surface area (Å²) in [5.74, 6) is -0.257. The van der Waals surface area contributed by atoms with Gasteiger partial charge in [-0.15, -0.1) is 0 Å². The maximum absolute atomic E-state index is 11.8. The number of amides is 1. The summed E-state index contributed by atoms with van der Waals surface area (Å²) in [4.78, 5) is 11.8. The van der Waals surface area contributed by atoms with Crippen LogP contribution < -0.4 is 5.43 Å². The summed E-state index contributed by atoms with van der Waals surface area (Å²) in [7, 11) is 0. The van der Waals surface area contributed by atoms with Crippen molar-refractivity contribution >= 4 is 23.2 Å². The van der Waals surface area contributed by atoms with Gasteiger partial charge in [-0.25, -0.2) is 5.43 Å². The van der Waals surface area contributed by atoms with Crippen LogP contribution in [0.15, 0.2) is 59.7 Å². The largest absolute Gasteiger partial charge is 0.271 e. The topological polar surface area (TPSA) is 41.5 Å². The van der Waals surface area contributed by atoms with E-state index >= 15 is 0 Å². The summed E-state index contributed by atoms with van der Waals surface area (Å²) in [6, 6.07) is 16.3. The average Bonchev–Trinajstić information content (AvgIpc) is 2.46. The van der Waals surface area contributed by atoms with Crippen molar-refractivity contribution in [2.75, 3.05) is 0 Å². The molecule has 0 radical (unpaired) electrons. The van der Waals surface area contributed by atoms with Crippen molar-refractivity contribution in [2.24, 2.45) is 5.10 Å². The lowest BCUT2D eigenvalue weighted by molar-refractivity contribution is 0.0955. The fraction of sp³-hybridized carbons (Fsp3) is 0.0667. The van der Waals surface area contributed by atoms with E-state index in [9.17, 15) is 4.79 Å². The average molecular weight is 273 g/mol. The number of halogens is 1. The number of nitrogens with zero attached hydrogens (tertiary/aromatic N) is 1. The van der Waals surface area contributed by atoms with Crippen molar-refractivity contribution in [1.82, 2.24) is 5.43 Å². The van der Waals surface area contributed by atoms with Crippen LogP contribution in [-0.4, -0.2) is 11.6 Å². The molecule has 0 saturated carbocycles. The number of benzene rings is 2. The van der Waals surface area contributed by atoms with Crippen LogP contribution >= 0.6 is 11.6 Å². The monoisotopic (exact) mass is 272 g/mol. The van der Waals surface area contributed by atoms with Gasteiger partial charge in [-0.3, -0.25) is 4.79 Å². The Morgan fingerprint density at radius 2 is 1.63 bits per heavy atom. The van der Waals surface area contributed by atoms with Gasteiger partial charge in [0, 0.05) is 10.6 Å². The molecule has 96 valence electrons. The zero-order valence-corrected chi connectivity index (χ0v) is 11.2. The van der Waals surface area contributed by atoms with Gasteiger partial charge >= 0.3 is 0 Å². The van der Waals surface area contributed by atoms with Gasteiger partial charge in [0.2, 0.25) is 0 Å². The summed E-state index contributed by atoms with van der Waals surface area (Å²) >= 11 is 5.76. The minimum atomic E-state index is -0.257. The number of hydrogen-bond donors (Lipinski definition) is 1. The SMILES string of the molecule is C/C(=N\NC(=O)c1ccc(Cl)cc1)c1ccccc1. The highest BCUT2D eigenvalue weighted by Crippen LogP contribution is 2.09. The van der Waals surface area contributed by atoms with Crippen LogP contribution in [-0.2, 0) is 0 Å². The molecule has 0 aliphatic carbocycles. The zero-order valence-electron chi connectivity index (χ0n) is 10.4. The van der Waals surface area contributed by atoms with E-state index < -0.39 is 0 Å². The molecule has 0 aliphatic heterocycles. The van der Waals surface area contributed by atoms with Crippen molar-refractivity contribution in [2.45, 2.75) is 6.92 Å². The van der Waals surface area contributed by atoms with Crippen molar-refractivity contribution in [3.8, 4) is 0 Å². The molecule has 0 atom stereocenters. The summed E-state index contributed by atoms with van der Waals surface area (Å²) in [6.45, 7) is 1.84. The molecular formula is C15H13ClN2O. The van der Waals surface area contributed by atoms with E-state index in [1.54, 1.807) is 24.3 Å². The predicted octanol–water partition coefficient (Wildman–Crippen LogP) is 3.49. The first-order valence-corrected chi connectivity index (χ1v) is 6.20. The molecule has 0 saturated heterocycles. The molecule has 0 fully saturated rings. The highest BCUT2D eigenvalue weighted by Gasteiger charge is 2.04. The van der Waals surface area contributed by atoms with E-state index in [0.717, 1.165) is 11.3 Å². The quantitative estimate of drug-likeness (QED) is 0.674. The van der Waals surface area contributed by atoms with E-state index in [4.69, 9.17) is 11.6 Å². The first-order chi connectivity index (χ1) is 9.16. The fourth-order valence-electron chi connectivity index (χ4n) is 1.54. The smallest absolute Gasteiger partial charge is 0.267 e. The Morgan fingerprint density at radius 3 is 2.26 bits per heavy atom. The van der Waals surface area contributed by atoms with Crippen LogP contribution in [0.2, 0.25) is 5.02 Å². The molecular weight excluding hydrogens is 260 g/mol. The maximum atomic E-state index is 11.8. The number of hydrogen-bond acceptors (Lipinski definition) is 2. The number of carbonyl (C=O) groups is 1. The third-order valence-electron chi connectivity index (χ3n) is 2.62. The first-order valence-electron chi connectivity index (χ1n) is 5.82. The Balaban J connectivity index is 2.06. The second kappa shape index (κ2) is 6.16. The van der Waals surface area contributed by atoms with Crippen LogP contribution in [0.3, 0.4) is 0 Å². The fourth-order valence-corrected chi connectivity index (χ4v) is 1.67. The van der Waals surface area contributed by atoms with Gasteiger partial charge in [-0.1, -0.05) is 41.9 Å². The molecule has 2 aromatic rings.